The minimum Gasteiger partial charge on any atom is -0.457 e. The molecule has 1 aliphatic heterocycles. The van der Waals surface area contributed by atoms with E-state index in [1.54, 1.807) is 0 Å². The van der Waals surface area contributed by atoms with Crippen molar-refractivity contribution in [1.82, 2.24) is 0 Å². The highest BCUT2D eigenvalue weighted by atomic mass is 16.5. The summed E-state index contributed by atoms with van der Waals surface area (Å²) in [5, 5.41) is 1.20. The van der Waals surface area contributed by atoms with Gasteiger partial charge in [-0.2, -0.15) is 0 Å². The molecular formula is C32H20O3. The lowest BCUT2D eigenvalue weighted by atomic mass is 9.95. The second kappa shape index (κ2) is 7.71. The molecule has 0 spiro atoms. The lowest BCUT2D eigenvalue weighted by Crippen LogP contribution is -2.02. The summed E-state index contributed by atoms with van der Waals surface area (Å²) in [6.45, 7) is 0. The minimum absolute atomic E-state index is 0.00169. The quantitative estimate of drug-likeness (QED) is 0.250. The summed E-state index contributed by atoms with van der Waals surface area (Å²) < 4.78 is 12.0. The van der Waals surface area contributed by atoms with Crippen LogP contribution in [0.3, 0.4) is 0 Å². The Bertz CT molecular complexity index is 1810. The van der Waals surface area contributed by atoms with Gasteiger partial charge >= 0.3 is 0 Å². The van der Waals surface area contributed by atoms with Crippen LogP contribution in [0.1, 0.15) is 11.1 Å². The molecule has 0 bridgehead atoms. The molecule has 35 heavy (non-hydrogen) atoms. The zero-order valence-corrected chi connectivity index (χ0v) is 18.8. The molecule has 2 heterocycles. The standard InChI is InChI=1S/C32H20O3/c33-32-26-6-2-4-8-30(26)35-31-16-14-23(19-27(31)32)21-11-9-20(10-12-21)22-13-15-29-25(17-22)18-24-5-1-3-7-28(24)34-29/h1-17,19H,18H2. The lowest BCUT2D eigenvalue weighted by Gasteiger charge is -2.20. The Hall–Kier alpha value is -4.63. The Balaban J connectivity index is 1.23. The van der Waals surface area contributed by atoms with Crippen LogP contribution in [0.4, 0.5) is 0 Å². The van der Waals surface area contributed by atoms with Crippen molar-refractivity contribution in [3.05, 3.63) is 131 Å². The van der Waals surface area contributed by atoms with Crippen molar-refractivity contribution in [1.29, 1.82) is 0 Å². The molecule has 0 aliphatic carbocycles. The summed E-state index contributed by atoms with van der Waals surface area (Å²) in [6, 6.07) is 36.2. The number of rotatable bonds is 2. The Morgan fingerprint density at radius 3 is 2.00 bits per heavy atom. The van der Waals surface area contributed by atoms with Crippen LogP contribution in [0.2, 0.25) is 0 Å². The van der Waals surface area contributed by atoms with Gasteiger partial charge in [0.15, 0.2) is 0 Å². The average molecular weight is 453 g/mol. The van der Waals surface area contributed by atoms with E-state index in [0.717, 1.165) is 40.2 Å². The summed E-state index contributed by atoms with van der Waals surface area (Å²) >= 11 is 0. The first-order valence-electron chi connectivity index (χ1n) is 11.7. The van der Waals surface area contributed by atoms with Crippen LogP contribution < -0.4 is 10.2 Å². The summed E-state index contributed by atoms with van der Waals surface area (Å²) in [6.07, 6.45) is 0.867. The molecule has 1 aromatic heterocycles. The maximum Gasteiger partial charge on any atom is 0.200 e. The third-order valence-corrected chi connectivity index (χ3v) is 6.76. The lowest BCUT2D eigenvalue weighted by molar-refractivity contribution is 0.460. The minimum atomic E-state index is -0.00169. The highest BCUT2D eigenvalue weighted by molar-refractivity contribution is 5.92. The molecule has 7 rings (SSSR count). The molecule has 0 saturated heterocycles. The van der Waals surface area contributed by atoms with Crippen molar-refractivity contribution in [3.63, 3.8) is 0 Å². The predicted molar refractivity (Wildman–Crippen MR) is 140 cm³/mol. The maximum absolute atomic E-state index is 13.0. The van der Waals surface area contributed by atoms with E-state index in [9.17, 15) is 4.79 Å². The molecule has 166 valence electrons. The summed E-state index contributed by atoms with van der Waals surface area (Å²) in [5.41, 5.74) is 7.96. The summed E-state index contributed by atoms with van der Waals surface area (Å²) in [4.78, 5) is 13.0. The third-order valence-electron chi connectivity index (χ3n) is 6.76. The van der Waals surface area contributed by atoms with E-state index in [0.29, 0.717) is 21.9 Å². The van der Waals surface area contributed by atoms with E-state index in [2.05, 4.69) is 54.6 Å². The van der Waals surface area contributed by atoms with E-state index >= 15 is 0 Å². The zero-order valence-electron chi connectivity index (χ0n) is 18.8. The smallest absolute Gasteiger partial charge is 0.200 e. The van der Waals surface area contributed by atoms with Gasteiger partial charge in [-0.3, -0.25) is 4.79 Å². The largest absolute Gasteiger partial charge is 0.457 e. The number of hydrogen-bond acceptors (Lipinski definition) is 3. The first kappa shape index (κ1) is 19.8. The number of hydrogen-bond donors (Lipinski definition) is 0. The summed E-state index contributed by atoms with van der Waals surface area (Å²) in [7, 11) is 0. The Morgan fingerprint density at radius 2 is 1.14 bits per heavy atom. The van der Waals surface area contributed by atoms with Crippen LogP contribution in [0.25, 0.3) is 44.2 Å². The van der Waals surface area contributed by atoms with Crippen LogP contribution in [0.5, 0.6) is 11.5 Å². The van der Waals surface area contributed by atoms with Crippen molar-refractivity contribution < 1.29 is 9.15 Å². The van der Waals surface area contributed by atoms with Crippen LogP contribution in [-0.2, 0) is 6.42 Å². The van der Waals surface area contributed by atoms with Gasteiger partial charge in [0, 0.05) is 6.42 Å². The normalized spacial score (nSPS) is 12.2. The molecule has 0 fully saturated rings. The van der Waals surface area contributed by atoms with Gasteiger partial charge in [-0.25, -0.2) is 0 Å². The molecule has 0 saturated carbocycles. The van der Waals surface area contributed by atoms with E-state index in [4.69, 9.17) is 9.15 Å². The van der Waals surface area contributed by atoms with Gasteiger partial charge in [0.05, 0.1) is 10.8 Å². The van der Waals surface area contributed by atoms with Gasteiger partial charge in [-0.05, 0) is 75.8 Å². The SMILES string of the molecule is O=c1c2ccccc2oc2ccc(-c3ccc(-c4ccc5c(c4)Cc4ccccc4O5)cc3)cc12. The monoisotopic (exact) mass is 452 g/mol. The number of para-hydroxylation sites is 2. The molecule has 3 nitrogen and oxygen atoms in total. The molecule has 0 radical (unpaired) electrons. The molecule has 0 amide bonds. The number of benzene rings is 5. The molecular weight excluding hydrogens is 432 g/mol. The van der Waals surface area contributed by atoms with Gasteiger partial charge in [0.2, 0.25) is 5.43 Å². The Morgan fingerprint density at radius 1 is 0.514 bits per heavy atom. The second-order valence-electron chi connectivity index (χ2n) is 8.92. The van der Waals surface area contributed by atoms with Crippen molar-refractivity contribution in [3.8, 4) is 33.8 Å². The molecule has 6 aromatic rings. The highest BCUT2D eigenvalue weighted by Gasteiger charge is 2.17. The van der Waals surface area contributed by atoms with Crippen LogP contribution in [0, 0.1) is 0 Å². The maximum atomic E-state index is 13.0. The fraction of sp³-hybridized carbons (Fsp3) is 0.0312. The van der Waals surface area contributed by atoms with E-state index in [1.165, 1.54) is 11.1 Å². The van der Waals surface area contributed by atoms with Gasteiger partial charge in [0.1, 0.15) is 22.7 Å². The van der Waals surface area contributed by atoms with Crippen molar-refractivity contribution in [2.75, 3.05) is 0 Å². The van der Waals surface area contributed by atoms with Crippen molar-refractivity contribution >= 4 is 21.9 Å². The van der Waals surface area contributed by atoms with Crippen molar-refractivity contribution in [2.45, 2.75) is 6.42 Å². The molecule has 0 N–H and O–H groups in total. The molecule has 0 unspecified atom stereocenters. The van der Waals surface area contributed by atoms with E-state index in [1.807, 2.05) is 54.6 Å². The van der Waals surface area contributed by atoms with Crippen LogP contribution in [0.15, 0.2) is 118 Å². The second-order valence-corrected chi connectivity index (χ2v) is 8.92. The highest BCUT2D eigenvalue weighted by Crippen LogP contribution is 2.38. The Labute approximate surface area is 201 Å². The first-order chi connectivity index (χ1) is 17.2. The number of ether oxygens (including phenoxy) is 1. The van der Waals surface area contributed by atoms with Gasteiger partial charge in [-0.15, -0.1) is 0 Å². The molecule has 3 heteroatoms. The Kier molecular flexibility index (Phi) is 4.36. The number of fused-ring (bicyclic) bond motifs is 4. The molecule has 1 aliphatic rings. The zero-order chi connectivity index (χ0) is 23.4. The fourth-order valence-electron chi connectivity index (χ4n) is 4.91. The van der Waals surface area contributed by atoms with Gasteiger partial charge in [0.25, 0.3) is 0 Å². The predicted octanol–water partition coefficient (Wildman–Crippen LogP) is 7.98. The molecule has 5 aromatic carbocycles. The summed E-state index contributed by atoms with van der Waals surface area (Å²) in [5.74, 6) is 1.86. The van der Waals surface area contributed by atoms with E-state index in [-0.39, 0.29) is 5.43 Å². The molecule has 0 atom stereocenters. The van der Waals surface area contributed by atoms with Gasteiger partial charge < -0.3 is 9.15 Å². The fourth-order valence-corrected chi connectivity index (χ4v) is 4.91. The third kappa shape index (κ3) is 3.32. The van der Waals surface area contributed by atoms with Crippen LogP contribution in [-0.4, -0.2) is 0 Å². The van der Waals surface area contributed by atoms with Crippen molar-refractivity contribution in [2.24, 2.45) is 0 Å². The average Bonchev–Trinajstić information content (AvgIpc) is 2.92. The van der Waals surface area contributed by atoms with Gasteiger partial charge in [-0.1, -0.05) is 66.7 Å². The van der Waals surface area contributed by atoms with E-state index < -0.39 is 0 Å². The first-order valence-corrected chi connectivity index (χ1v) is 11.7. The topological polar surface area (TPSA) is 39.4 Å². The van der Waals surface area contributed by atoms with Crippen LogP contribution >= 0.6 is 0 Å².